The van der Waals surface area contributed by atoms with E-state index >= 15 is 0 Å². The van der Waals surface area contributed by atoms with Gasteiger partial charge in [0.05, 0.1) is 34.1 Å². The topological polar surface area (TPSA) is 112 Å². The Hall–Kier alpha value is -3.92. The van der Waals surface area contributed by atoms with Gasteiger partial charge < -0.3 is 23.9 Å². The molecule has 0 radical (unpaired) electrons. The van der Waals surface area contributed by atoms with E-state index in [2.05, 4.69) is 20.5 Å². The molecule has 35 heavy (non-hydrogen) atoms. The number of hydrogen-bond acceptors (Lipinski definition) is 8. The summed E-state index contributed by atoms with van der Waals surface area (Å²) in [6.07, 6.45) is 1.78. The Balaban J connectivity index is 1.54. The van der Waals surface area contributed by atoms with Crippen LogP contribution in [0.5, 0.6) is 17.2 Å². The largest absolute Gasteiger partial charge is 0.497 e. The van der Waals surface area contributed by atoms with Gasteiger partial charge in [-0.15, -0.1) is 5.10 Å². The molecular weight excluding hydrogens is 468 g/mol. The molecule has 2 aromatic heterocycles. The van der Waals surface area contributed by atoms with E-state index in [1.54, 1.807) is 33.7 Å². The van der Waals surface area contributed by atoms with Gasteiger partial charge in [-0.25, -0.2) is 4.98 Å². The van der Waals surface area contributed by atoms with Crippen LogP contribution in [-0.4, -0.2) is 42.4 Å². The highest BCUT2D eigenvalue weighted by Gasteiger charge is 2.22. The van der Waals surface area contributed by atoms with E-state index in [1.165, 1.54) is 11.8 Å². The van der Waals surface area contributed by atoms with Crippen LogP contribution in [0.4, 0.5) is 0 Å². The van der Waals surface area contributed by atoms with Crippen LogP contribution in [0.25, 0.3) is 11.4 Å². The van der Waals surface area contributed by atoms with Crippen molar-refractivity contribution in [1.82, 2.24) is 20.5 Å². The highest BCUT2D eigenvalue weighted by Crippen LogP contribution is 2.40. The fraction of sp³-hybridized carbons (Fsp3) is 0.240. The molecule has 0 saturated carbocycles. The molecule has 0 aliphatic rings. The van der Waals surface area contributed by atoms with Gasteiger partial charge in [0, 0.05) is 17.2 Å². The van der Waals surface area contributed by atoms with Gasteiger partial charge in [-0.1, -0.05) is 17.8 Å². The molecule has 1 atom stereocenters. The number of aromatic amines is 1. The summed E-state index contributed by atoms with van der Waals surface area (Å²) in [4.78, 5) is 17.4. The number of benzene rings is 2. The van der Waals surface area contributed by atoms with E-state index in [-0.39, 0.29) is 17.6 Å². The molecule has 0 aliphatic heterocycles. The van der Waals surface area contributed by atoms with Gasteiger partial charge in [-0.05, 0) is 54.1 Å². The fourth-order valence-corrected chi connectivity index (χ4v) is 4.44. The SMILES string of the molecule is COc1ccc(-c2nc(S[C@H](CC(=O)NCc3ccco3)c3ccc(OC)c(OC)c3)n[nH]2)cc1. The van der Waals surface area contributed by atoms with Crippen molar-refractivity contribution in [1.29, 1.82) is 0 Å². The fourth-order valence-electron chi connectivity index (χ4n) is 3.42. The van der Waals surface area contributed by atoms with Gasteiger partial charge in [0.15, 0.2) is 17.3 Å². The standard InChI is InChI=1S/C25H26N4O5S/c1-31-18-9-6-16(7-10-18)24-27-25(29-28-24)35-22(14-23(30)26-15-19-5-4-12-34-19)17-8-11-20(32-2)21(13-17)33-3/h4-13,22H,14-15H2,1-3H3,(H,26,30)(H,27,28,29)/t22-/m1/s1. The number of rotatable bonds is 11. The molecule has 9 nitrogen and oxygen atoms in total. The maximum atomic E-state index is 12.8. The number of nitrogens with zero attached hydrogens (tertiary/aromatic N) is 2. The first-order valence-electron chi connectivity index (χ1n) is 10.8. The van der Waals surface area contributed by atoms with Crippen molar-refractivity contribution in [2.45, 2.75) is 23.4 Å². The van der Waals surface area contributed by atoms with Crippen molar-refractivity contribution in [2.24, 2.45) is 0 Å². The second kappa shape index (κ2) is 11.5. The first-order valence-corrected chi connectivity index (χ1v) is 11.7. The van der Waals surface area contributed by atoms with E-state index in [1.807, 2.05) is 48.5 Å². The summed E-state index contributed by atoms with van der Waals surface area (Å²) in [7, 11) is 4.79. The lowest BCUT2D eigenvalue weighted by atomic mass is 10.1. The van der Waals surface area contributed by atoms with Crippen LogP contribution in [0.2, 0.25) is 0 Å². The predicted octanol–water partition coefficient (Wildman–Crippen LogP) is 4.63. The van der Waals surface area contributed by atoms with Crippen molar-refractivity contribution in [2.75, 3.05) is 21.3 Å². The van der Waals surface area contributed by atoms with Crippen LogP contribution in [-0.2, 0) is 11.3 Å². The lowest BCUT2D eigenvalue weighted by molar-refractivity contribution is -0.121. The minimum atomic E-state index is -0.272. The summed E-state index contributed by atoms with van der Waals surface area (Å²) in [6.45, 7) is 0.317. The zero-order valence-corrected chi connectivity index (χ0v) is 20.4. The average Bonchev–Trinajstić information content (AvgIpc) is 3.59. The van der Waals surface area contributed by atoms with Gasteiger partial charge in [0.1, 0.15) is 11.5 Å². The third kappa shape index (κ3) is 6.15. The Morgan fingerprint density at radius 1 is 1.06 bits per heavy atom. The molecule has 0 saturated heterocycles. The number of hydrogen-bond donors (Lipinski definition) is 2. The maximum Gasteiger partial charge on any atom is 0.221 e. The lowest BCUT2D eigenvalue weighted by Crippen LogP contribution is -2.23. The number of amides is 1. The Morgan fingerprint density at radius 3 is 2.54 bits per heavy atom. The molecule has 0 aliphatic carbocycles. The normalized spacial score (nSPS) is 11.6. The lowest BCUT2D eigenvalue weighted by Gasteiger charge is -2.17. The third-order valence-corrected chi connectivity index (χ3v) is 6.38. The zero-order chi connectivity index (χ0) is 24.6. The minimum absolute atomic E-state index is 0.125. The summed E-state index contributed by atoms with van der Waals surface area (Å²) < 4.78 is 21.3. The summed E-state index contributed by atoms with van der Waals surface area (Å²) in [5, 5.41) is 10.5. The number of carbonyl (C=O) groups excluding carboxylic acids is 1. The zero-order valence-electron chi connectivity index (χ0n) is 19.6. The van der Waals surface area contributed by atoms with Crippen molar-refractivity contribution in [3.05, 3.63) is 72.2 Å². The molecule has 2 heterocycles. The van der Waals surface area contributed by atoms with Crippen LogP contribution in [0.3, 0.4) is 0 Å². The van der Waals surface area contributed by atoms with Crippen molar-refractivity contribution < 1.29 is 23.4 Å². The molecule has 0 bridgehead atoms. The average molecular weight is 495 g/mol. The Bertz CT molecular complexity index is 1240. The number of furan rings is 1. The second-order valence-electron chi connectivity index (χ2n) is 7.48. The smallest absolute Gasteiger partial charge is 0.221 e. The summed E-state index contributed by atoms with van der Waals surface area (Å²) >= 11 is 1.39. The van der Waals surface area contributed by atoms with E-state index in [0.717, 1.165) is 16.9 Å². The van der Waals surface area contributed by atoms with E-state index < -0.39 is 0 Å². The summed E-state index contributed by atoms with van der Waals surface area (Å²) in [5.74, 6) is 3.15. The Morgan fingerprint density at radius 2 is 1.86 bits per heavy atom. The number of H-pyrrole nitrogens is 1. The second-order valence-corrected chi connectivity index (χ2v) is 8.65. The number of ether oxygens (including phenoxy) is 3. The number of methoxy groups -OCH3 is 3. The van der Waals surface area contributed by atoms with Crippen molar-refractivity contribution >= 4 is 17.7 Å². The molecule has 2 aromatic carbocycles. The van der Waals surface area contributed by atoms with E-state index in [9.17, 15) is 4.79 Å². The first-order chi connectivity index (χ1) is 17.1. The van der Waals surface area contributed by atoms with Crippen LogP contribution < -0.4 is 19.5 Å². The number of thioether (sulfide) groups is 1. The molecular formula is C25H26N4O5S. The maximum absolute atomic E-state index is 12.8. The van der Waals surface area contributed by atoms with Gasteiger partial charge >= 0.3 is 0 Å². The molecule has 182 valence electrons. The van der Waals surface area contributed by atoms with Gasteiger partial charge in [0.25, 0.3) is 0 Å². The third-order valence-electron chi connectivity index (χ3n) is 5.27. The van der Waals surface area contributed by atoms with Gasteiger partial charge in [-0.2, -0.15) is 0 Å². The van der Waals surface area contributed by atoms with E-state index in [4.69, 9.17) is 18.6 Å². The van der Waals surface area contributed by atoms with Crippen LogP contribution >= 0.6 is 11.8 Å². The molecule has 0 unspecified atom stereocenters. The highest BCUT2D eigenvalue weighted by atomic mass is 32.2. The molecule has 4 aromatic rings. The number of carbonyl (C=O) groups is 1. The van der Waals surface area contributed by atoms with Crippen LogP contribution in [0.1, 0.15) is 23.0 Å². The Labute approximate surface area is 207 Å². The summed E-state index contributed by atoms with van der Waals surface area (Å²) in [5.41, 5.74) is 1.76. The molecule has 4 rings (SSSR count). The quantitative estimate of drug-likeness (QED) is 0.290. The van der Waals surface area contributed by atoms with Crippen LogP contribution in [0.15, 0.2) is 70.4 Å². The van der Waals surface area contributed by atoms with E-state index in [0.29, 0.717) is 34.8 Å². The van der Waals surface area contributed by atoms with Crippen molar-refractivity contribution in [3.63, 3.8) is 0 Å². The van der Waals surface area contributed by atoms with Crippen LogP contribution in [0, 0.1) is 0 Å². The first kappa shape index (κ1) is 24.2. The molecule has 1 amide bonds. The van der Waals surface area contributed by atoms with Gasteiger partial charge in [-0.3, -0.25) is 9.89 Å². The molecule has 10 heteroatoms. The number of nitrogens with one attached hydrogen (secondary N) is 2. The molecule has 2 N–H and O–H groups in total. The predicted molar refractivity (Wildman–Crippen MR) is 132 cm³/mol. The number of aromatic nitrogens is 3. The summed E-state index contributed by atoms with van der Waals surface area (Å²) in [6, 6.07) is 16.7. The molecule has 0 fully saturated rings. The van der Waals surface area contributed by atoms with Crippen molar-refractivity contribution in [3.8, 4) is 28.6 Å². The highest BCUT2D eigenvalue weighted by molar-refractivity contribution is 7.99. The molecule has 0 spiro atoms. The Kier molecular flexibility index (Phi) is 7.94. The minimum Gasteiger partial charge on any atom is -0.497 e. The van der Waals surface area contributed by atoms with Gasteiger partial charge in [0.2, 0.25) is 11.1 Å². The monoisotopic (exact) mass is 494 g/mol.